The van der Waals surface area contributed by atoms with E-state index in [1.165, 1.54) is 11.1 Å². The Kier molecular flexibility index (Phi) is 5.98. The first-order chi connectivity index (χ1) is 14.1. The van der Waals surface area contributed by atoms with Crippen LogP contribution >= 0.6 is 0 Å². The number of anilines is 1. The highest BCUT2D eigenvalue weighted by atomic mass is 16.2. The van der Waals surface area contributed by atoms with Crippen LogP contribution in [0.3, 0.4) is 0 Å². The molecule has 0 radical (unpaired) electrons. The highest BCUT2D eigenvalue weighted by Crippen LogP contribution is 2.36. The van der Waals surface area contributed by atoms with Crippen molar-refractivity contribution in [3.63, 3.8) is 0 Å². The average molecular weight is 391 g/mol. The molecule has 4 rings (SSSR count). The van der Waals surface area contributed by atoms with Crippen molar-refractivity contribution in [1.82, 2.24) is 4.90 Å². The molecule has 1 saturated heterocycles. The van der Waals surface area contributed by atoms with Crippen LogP contribution in [0.2, 0.25) is 0 Å². The van der Waals surface area contributed by atoms with Gasteiger partial charge in [0.05, 0.1) is 5.92 Å². The zero-order chi connectivity index (χ0) is 20.2. The number of para-hydroxylation sites is 1. The van der Waals surface area contributed by atoms with E-state index in [0.29, 0.717) is 6.54 Å². The van der Waals surface area contributed by atoms with Crippen LogP contribution < -0.4 is 5.32 Å². The highest BCUT2D eigenvalue weighted by Gasteiger charge is 2.39. The molecule has 1 aliphatic heterocycles. The molecule has 0 aromatic heterocycles. The normalized spacial score (nSPS) is 21.6. The number of carbonyl (C=O) groups excluding carboxylic acids is 2. The molecule has 4 heteroatoms. The predicted octanol–water partition coefficient (Wildman–Crippen LogP) is 4.62. The molecular weight excluding hydrogens is 360 g/mol. The Hall–Kier alpha value is -2.62. The second-order valence-electron chi connectivity index (χ2n) is 8.49. The maximum Gasteiger partial charge on any atom is 0.229 e. The van der Waals surface area contributed by atoms with Crippen molar-refractivity contribution in [1.29, 1.82) is 0 Å². The van der Waals surface area contributed by atoms with E-state index in [4.69, 9.17) is 0 Å². The van der Waals surface area contributed by atoms with E-state index in [-0.39, 0.29) is 29.6 Å². The molecule has 2 aliphatic rings. The first-order valence-electron chi connectivity index (χ1n) is 10.9. The molecule has 152 valence electrons. The Morgan fingerprint density at radius 1 is 0.966 bits per heavy atom. The zero-order valence-electron chi connectivity index (χ0n) is 17.1. The number of hydrogen-bond donors (Lipinski definition) is 1. The van der Waals surface area contributed by atoms with Gasteiger partial charge in [-0.2, -0.15) is 0 Å². The molecule has 2 unspecified atom stereocenters. The molecular formula is C25H30N2O2. The van der Waals surface area contributed by atoms with Gasteiger partial charge >= 0.3 is 0 Å². The second-order valence-corrected chi connectivity index (χ2v) is 8.49. The van der Waals surface area contributed by atoms with Crippen molar-refractivity contribution in [3.8, 4) is 0 Å². The minimum atomic E-state index is -0.188. The molecule has 29 heavy (non-hydrogen) atoms. The van der Waals surface area contributed by atoms with Crippen LogP contribution in [0, 0.1) is 11.8 Å². The van der Waals surface area contributed by atoms with Gasteiger partial charge in [0.15, 0.2) is 0 Å². The lowest BCUT2D eigenvalue weighted by molar-refractivity contribution is -0.136. The summed E-state index contributed by atoms with van der Waals surface area (Å²) in [6.07, 6.45) is 4.98. The maximum absolute atomic E-state index is 13.0. The van der Waals surface area contributed by atoms with E-state index in [9.17, 15) is 9.59 Å². The molecule has 0 bridgehead atoms. The van der Waals surface area contributed by atoms with E-state index in [1.807, 2.05) is 35.2 Å². The zero-order valence-corrected chi connectivity index (χ0v) is 17.1. The van der Waals surface area contributed by atoms with E-state index in [2.05, 4.69) is 36.5 Å². The Balaban J connectivity index is 1.51. The lowest BCUT2D eigenvalue weighted by Crippen LogP contribution is -2.47. The number of nitrogens with zero attached hydrogens (tertiary/aromatic N) is 1. The van der Waals surface area contributed by atoms with Crippen LogP contribution in [0.15, 0.2) is 54.6 Å². The number of amides is 2. The van der Waals surface area contributed by atoms with Crippen molar-refractivity contribution in [3.05, 3.63) is 65.7 Å². The topological polar surface area (TPSA) is 49.4 Å². The number of benzene rings is 2. The molecule has 2 aromatic rings. The van der Waals surface area contributed by atoms with Gasteiger partial charge in [-0.05, 0) is 48.9 Å². The Morgan fingerprint density at radius 3 is 2.34 bits per heavy atom. The summed E-state index contributed by atoms with van der Waals surface area (Å²) in [5.74, 6) is 0.436. The second kappa shape index (κ2) is 8.81. The smallest absolute Gasteiger partial charge is 0.229 e. The summed E-state index contributed by atoms with van der Waals surface area (Å²) >= 11 is 0. The van der Waals surface area contributed by atoms with Crippen LogP contribution in [-0.2, 0) is 16.0 Å². The van der Waals surface area contributed by atoms with Crippen LogP contribution in [0.4, 0.5) is 5.69 Å². The van der Waals surface area contributed by atoms with E-state index >= 15 is 0 Å². The summed E-state index contributed by atoms with van der Waals surface area (Å²) in [5, 5.41) is 3.04. The van der Waals surface area contributed by atoms with E-state index < -0.39 is 0 Å². The quantitative estimate of drug-likeness (QED) is 0.782. The Morgan fingerprint density at radius 2 is 1.69 bits per heavy atom. The van der Waals surface area contributed by atoms with Crippen molar-refractivity contribution >= 4 is 17.5 Å². The lowest BCUT2D eigenvalue weighted by atomic mass is 9.83. The number of rotatable bonds is 6. The monoisotopic (exact) mass is 390 g/mol. The molecule has 4 nitrogen and oxygen atoms in total. The minimum Gasteiger partial charge on any atom is -0.341 e. The van der Waals surface area contributed by atoms with E-state index in [0.717, 1.165) is 44.3 Å². The minimum absolute atomic E-state index is 0.0112. The summed E-state index contributed by atoms with van der Waals surface area (Å²) in [7, 11) is 0. The Labute approximate surface area is 173 Å². The third-order valence-corrected chi connectivity index (χ3v) is 6.09. The average Bonchev–Trinajstić information content (AvgIpc) is 3.60. The van der Waals surface area contributed by atoms with Gasteiger partial charge in [0, 0.05) is 30.6 Å². The fourth-order valence-electron chi connectivity index (χ4n) is 4.31. The summed E-state index contributed by atoms with van der Waals surface area (Å²) in [5.41, 5.74) is 3.38. The SMILES string of the molecule is CCCc1ccc(C2CC(C(=O)Nc3ccccc3)CN(C(=O)C3CC3)C2)cc1. The lowest BCUT2D eigenvalue weighted by Gasteiger charge is -2.37. The fraction of sp³-hybridized carbons (Fsp3) is 0.440. The van der Waals surface area contributed by atoms with Gasteiger partial charge in [-0.25, -0.2) is 0 Å². The van der Waals surface area contributed by atoms with Gasteiger partial charge in [0.2, 0.25) is 11.8 Å². The molecule has 2 atom stereocenters. The van der Waals surface area contributed by atoms with Crippen LogP contribution in [0.5, 0.6) is 0 Å². The largest absolute Gasteiger partial charge is 0.341 e. The molecule has 1 saturated carbocycles. The first kappa shape index (κ1) is 19.7. The standard InChI is InChI=1S/C25H30N2O2/c1-2-6-18-9-11-19(12-10-18)21-15-22(17-27(16-21)25(29)20-13-14-20)24(28)26-23-7-4-3-5-8-23/h3-5,7-12,20-22H,2,6,13-17H2,1H3,(H,26,28). The number of carbonyl (C=O) groups is 2. The van der Waals surface area contributed by atoms with Crippen molar-refractivity contribution in [2.45, 2.75) is 44.9 Å². The van der Waals surface area contributed by atoms with Crippen molar-refractivity contribution in [2.24, 2.45) is 11.8 Å². The third kappa shape index (κ3) is 4.87. The molecule has 1 N–H and O–H groups in total. The molecule has 2 amide bonds. The molecule has 1 heterocycles. The van der Waals surface area contributed by atoms with Crippen molar-refractivity contribution in [2.75, 3.05) is 18.4 Å². The number of likely N-dealkylation sites (tertiary alicyclic amines) is 1. The van der Waals surface area contributed by atoms with Crippen molar-refractivity contribution < 1.29 is 9.59 Å². The summed E-state index contributed by atoms with van der Waals surface area (Å²) in [6, 6.07) is 18.3. The fourth-order valence-corrected chi connectivity index (χ4v) is 4.31. The summed E-state index contributed by atoms with van der Waals surface area (Å²) in [6.45, 7) is 3.43. The Bertz CT molecular complexity index is 843. The molecule has 2 fully saturated rings. The summed E-state index contributed by atoms with van der Waals surface area (Å²) < 4.78 is 0. The van der Waals surface area contributed by atoms with Crippen LogP contribution in [0.1, 0.15) is 49.7 Å². The molecule has 0 spiro atoms. The summed E-state index contributed by atoms with van der Waals surface area (Å²) in [4.78, 5) is 27.7. The number of hydrogen-bond acceptors (Lipinski definition) is 2. The van der Waals surface area contributed by atoms with Gasteiger partial charge in [-0.1, -0.05) is 55.8 Å². The first-order valence-corrected chi connectivity index (χ1v) is 10.9. The highest BCUT2D eigenvalue weighted by molar-refractivity contribution is 5.93. The number of piperidine rings is 1. The van der Waals surface area contributed by atoms with E-state index in [1.54, 1.807) is 0 Å². The molecule has 2 aromatic carbocycles. The van der Waals surface area contributed by atoms with Crippen LogP contribution in [-0.4, -0.2) is 29.8 Å². The van der Waals surface area contributed by atoms with Gasteiger partial charge in [0.1, 0.15) is 0 Å². The molecule has 1 aliphatic carbocycles. The van der Waals surface area contributed by atoms with Gasteiger partial charge < -0.3 is 10.2 Å². The third-order valence-electron chi connectivity index (χ3n) is 6.09. The van der Waals surface area contributed by atoms with Gasteiger partial charge in [0.25, 0.3) is 0 Å². The van der Waals surface area contributed by atoms with Gasteiger partial charge in [-0.3, -0.25) is 9.59 Å². The number of aryl methyl sites for hydroxylation is 1. The van der Waals surface area contributed by atoms with Gasteiger partial charge in [-0.15, -0.1) is 0 Å². The van der Waals surface area contributed by atoms with Crippen LogP contribution in [0.25, 0.3) is 0 Å². The number of nitrogens with one attached hydrogen (secondary N) is 1. The maximum atomic E-state index is 13.0. The predicted molar refractivity (Wildman–Crippen MR) is 116 cm³/mol.